The highest BCUT2D eigenvalue weighted by molar-refractivity contribution is 5.75. The largest absolute Gasteiger partial charge is 0.497 e. The SMILES string of the molecule is COc1cc(Nc2ncccc2-c2nnc(Nc3ccc(C#N)cc3)[nH]2)cc(OC)c1. The van der Waals surface area contributed by atoms with E-state index in [0.29, 0.717) is 34.7 Å². The lowest BCUT2D eigenvalue weighted by molar-refractivity contribution is 0.395. The van der Waals surface area contributed by atoms with Crippen LogP contribution in [0.1, 0.15) is 5.56 Å². The van der Waals surface area contributed by atoms with E-state index in [1.807, 2.05) is 24.3 Å². The molecule has 0 saturated carbocycles. The number of hydrogen-bond donors (Lipinski definition) is 3. The van der Waals surface area contributed by atoms with Crippen molar-refractivity contribution in [2.75, 3.05) is 24.9 Å². The predicted molar refractivity (Wildman–Crippen MR) is 117 cm³/mol. The van der Waals surface area contributed by atoms with Gasteiger partial charge < -0.3 is 25.1 Å². The van der Waals surface area contributed by atoms with Crippen LogP contribution in [0.5, 0.6) is 11.5 Å². The van der Waals surface area contributed by atoms with E-state index < -0.39 is 0 Å². The van der Waals surface area contributed by atoms with Gasteiger partial charge in [-0.15, -0.1) is 10.2 Å². The molecule has 0 spiro atoms. The van der Waals surface area contributed by atoms with Crippen LogP contribution in [0, 0.1) is 11.3 Å². The molecule has 0 saturated heterocycles. The number of anilines is 4. The van der Waals surface area contributed by atoms with Gasteiger partial charge in [0.2, 0.25) is 5.95 Å². The number of benzene rings is 2. The Kier molecular flexibility index (Phi) is 5.62. The van der Waals surface area contributed by atoms with E-state index in [1.54, 1.807) is 50.7 Å². The van der Waals surface area contributed by atoms with Crippen LogP contribution in [0.3, 0.4) is 0 Å². The highest BCUT2D eigenvalue weighted by Gasteiger charge is 2.13. The number of ether oxygens (including phenoxy) is 2. The van der Waals surface area contributed by atoms with Crippen LogP contribution in [0.25, 0.3) is 11.4 Å². The van der Waals surface area contributed by atoms with Crippen molar-refractivity contribution in [3.8, 4) is 29.0 Å². The third-order valence-electron chi connectivity index (χ3n) is 4.44. The molecule has 154 valence electrons. The number of pyridine rings is 1. The molecule has 2 aromatic carbocycles. The molecule has 2 aromatic heterocycles. The molecule has 4 aromatic rings. The summed E-state index contributed by atoms with van der Waals surface area (Å²) in [6.45, 7) is 0. The molecule has 0 atom stereocenters. The molecule has 0 amide bonds. The van der Waals surface area contributed by atoms with Gasteiger partial charge in [0.25, 0.3) is 0 Å². The first-order chi connectivity index (χ1) is 15.2. The van der Waals surface area contributed by atoms with Crippen molar-refractivity contribution >= 4 is 23.1 Å². The Balaban J connectivity index is 1.58. The van der Waals surface area contributed by atoms with Crippen molar-refractivity contribution in [3.63, 3.8) is 0 Å². The van der Waals surface area contributed by atoms with E-state index in [9.17, 15) is 0 Å². The molecule has 0 bridgehead atoms. The average molecular weight is 413 g/mol. The van der Waals surface area contributed by atoms with Gasteiger partial charge in [-0.1, -0.05) is 0 Å². The van der Waals surface area contributed by atoms with Crippen molar-refractivity contribution in [1.82, 2.24) is 20.2 Å². The molecule has 0 unspecified atom stereocenters. The zero-order valence-corrected chi connectivity index (χ0v) is 16.9. The normalized spacial score (nSPS) is 10.2. The van der Waals surface area contributed by atoms with Crippen molar-refractivity contribution in [2.45, 2.75) is 0 Å². The molecule has 0 fully saturated rings. The molecule has 0 aliphatic heterocycles. The van der Waals surface area contributed by atoms with Crippen molar-refractivity contribution in [2.24, 2.45) is 0 Å². The molecule has 0 radical (unpaired) electrons. The summed E-state index contributed by atoms with van der Waals surface area (Å²) >= 11 is 0. The van der Waals surface area contributed by atoms with Gasteiger partial charge in [-0.3, -0.25) is 0 Å². The Morgan fingerprint density at radius 3 is 2.32 bits per heavy atom. The maximum atomic E-state index is 8.91. The molecular weight excluding hydrogens is 394 g/mol. The van der Waals surface area contributed by atoms with E-state index in [4.69, 9.17) is 14.7 Å². The number of aromatic amines is 1. The number of methoxy groups -OCH3 is 2. The number of nitrogens with zero attached hydrogens (tertiary/aromatic N) is 4. The highest BCUT2D eigenvalue weighted by Crippen LogP contribution is 2.31. The Labute approximate surface area is 178 Å². The zero-order chi connectivity index (χ0) is 21.6. The van der Waals surface area contributed by atoms with Gasteiger partial charge in [-0.05, 0) is 36.4 Å². The lowest BCUT2D eigenvalue weighted by atomic mass is 10.2. The van der Waals surface area contributed by atoms with Gasteiger partial charge in [0, 0.05) is 35.8 Å². The third kappa shape index (κ3) is 4.54. The first-order valence-corrected chi connectivity index (χ1v) is 9.34. The maximum absolute atomic E-state index is 8.91. The van der Waals surface area contributed by atoms with Gasteiger partial charge in [0.15, 0.2) is 5.82 Å². The van der Waals surface area contributed by atoms with E-state index >= 15 is 0 Å². The number of nitriles is 1. The van der Waals surface area contributed by atoms with Gasteiger partial charge >= 0.3 is 0 Å². The van der Waals surface area contributed by atoms with Gasteiger partial charge in [0.05, 0.1) is 31.4 Å². The van der Waals surface area contributed by atoms with E-state index in [-0.39, 0.29) is 0 Å². The van der Waals surface area contributed by atoms with E-state index in [2.05, 4.69) is 36.9 Å². The van der Waals surface area contributed by atoms with Crippen LogP contribution in [0.4, 0.5) is 23.1 Å². The second-order valence-electron chi connectivity index (χ2n) is 6.46. The zero-order valence-electron chi connectivity index (χ0n) is 16.9. The Morgan fingerprint density at radius 1 is 0.903 bits per heavy atom. The average Bonchev–Trinajstić information content (AvgIpc) is 3.28. The van der Waals surface area contributed by atoms with E-state index in [1.165, 1.54) is 0 Å². The summed E-state index contributed by atoms with van der Waals surface area (Å²) in [4.78, 5) is 7.59. The van der Waals surface area contributed by atoms with Gasteiger partial charge in [-0.2, -0.15) is 5.26 Å². The monoisotopic (exact) mass is 413 g/mol. The molecule has 31 heavy (non-hydrogen) atoms. The summed E-state index contributed by atoms with van der Waals surface area (Å²) in [6, 6.07) is 18.3. The standard InChI is InChI=1S/C22H19N7O2/c1-30-17-10-16(11-18(12-17)31-2)25-20-19(4-3-9-24-20)21-27-22(29-28-21)26-15-7-5-14(13-23)6-8-15/h3-12H,1-2H3,(H,24,25)(H2,26,27,28,29). The fourth-order valence-corrected chi connectivity index (χ4v) is 2.92. The minimum atomic E-state index is 0.470. The number of rotatable bonds is 7. The van der Waals surface area contributed by atoms with Crippen LogP contribution in [-0.4, -0.2) is 34.4 Å². The maximum Gasteiger partial charge on any atom is 0.226 e. The molecular formula is C22H19N7O2. The molecule has 9 heteroatoms. The van der Waals surface area contributed by atoms with Gasteiger partial charge in [0.1, 0.15) is 17.3 Å². The molecule has 0 aliphatic carbocycles. The number of H-pyrrole nitrogens is 1. The summed E-state index contributed by atoms with van der Waals surface area (Å²) in [5.41, 5.74) is 2.87. The predicted octanol–water partition coefficient (Wildman–Crippen LogP) is 4.24. The second-order valence-corrected chi connectivity index (χ2v) is 6.46. The van der Waals surface area contributed by atoms with Crippen LogP contribution in [0.2, 0.25) is 0 Å². The highest BCUT2D eigenvalue weighted by atomic mass is 16.5. The summed E-state index contributed by atoms with van der Waals surface area (Å²) in [5.74, 6) is 2.93. The van der Waals surface area contributed by atoms with Crippen LogP contribution < -0.4 is 20.1 Å². The van der Waals surface area contributed by atoms with Gasteiger partial charge in [-0.25, -0.2) is 4.98 Å². The van der Waals surface area contributed by atoms with Crippen molar-refractivity contribution < 1.29 is 9.47 Å². The topological polar surface area (TPSA) is 121 Å². The Bertz CT molecular complexity index is 1210. The van der Waals surface area contributed by atoms with Crippen LogP contribution in [-0.2, 0) is 0 Å². The number of hydrogen-bond acceptors (Lipinski definition) is 8. The lowest BCUT2D eigenvalue weighted by Crippen LogP contribution is -1.98. The van der Waals surface area contributed by atoms with E-state index in [0.717, 1.165) is 16.9 Å². The molecule has 4 rings (SSSR count). The molecule has 3 N–H and O–H groups in total. The fraction of sp³-hybridized carbons (Fsp3) is 0.0909. The minimum absolute atomic E-state index is 0.470. The number of nitrogens with one attached hydrogen (secondary N) is 3. The smallest absolute Gasteiger partial charge is 0.226 e. The summed E-state index contributed by atoms with van der Waals surface area (Å²) in [6.07, 6.45) is 1.69. The van der Waals surface area contributed by atoms with Crippen molar-refractivity contribution in [1.29, 1.82) is 5.26 Å². The first-order valence-electron chi connectivity index (χ1n) is 9.34. The minimum Gasteiger partial charge on any atom is -0.497 e. The second kappa shape index (κ2) is 8.84. The lowest BCUT2D eigenvalue weighted by Gasteiger charge is -2.12. The molecule has 2 heterocycles. The summed E-state index contributed by atoms with van der Waals surface area (Å²) in [5, 5.41) is 23.7. The quantitative estimate of drug-likeness (QED) is 0.411. The first kappa shape index (κ1) is 19.7. The molecule has 9 nitrogen and oxygen atoms in total. The Morgan fingerprint density at radius 2 is 1.65 bits per heavy atom. The van der Waals surface area contributed by atoms with Crippen molar-refractivity contribution in [3.05, 3.63) is 66.4 Å². The summed E-state index contributed by atoms with van der Waals surface area (Å²) in [7, 11) is 3.20. The van der Waals surface area contributed by atoms with Crippen LogP contribution >= 0.6 is 0 Å². The number of aromatic nitrogens is 4. The third-order valence-corrected chi connectivity index (χ3v) is 4.44. The van der Waals surface area contributed by atoms with Crippen LogP contribution in [0.15, 0.2) is 60.8 Å². The Hall–Kier alpha value is -4.58. The fourth-order valence-electron chi connectivity index (χ4n) is 2.92. The molecule has 0 aliphatic rings. The summed E-state index contributed by atoms with van der Waals surface area (Å²) < 4.78 is 10.7.